The van der Waals surface area contributed by atoms with E-state index in [4.69, 9.17) is 49.0 Å². The minimum atomic E-state index is -1.23. The molecule has 0 aromatic heterocycles. The van der Waals surface area contributed by atoms with Crippen LogP contribution in [0.15, 0.2) is 42.2 Å². The molecule has 0 fully saturated rings. The quantitative estimate of drug-likeness (QED) is 0.363. The first-order chi connectivity index (χ1) is 10.5. The number of allylic oxidation sites excluding steroid dienone is 4. The van der Waals surface area contributed by atoms with Crippen LogP contribution in [0.2, 0.25) is 0 Å². The molecule has 6 heteroatoms. The summed E-state index contributed by atoms with van der Waals surface area (Å²) in [7, 11) is 0. The van der Waals surface area contributed by atoms with E-state index in [-0.39, 0.29) is 6.79 Å². The molecule has 0 radical (unpaired) electrons. The van der Waals surface area contributed by atoms with Gasteiger partial charge in [0.1, 0.15) is 11.5 Å². The zero-order valence-corrected chi connectivity index (χ0v) is 14.4. The predicted molar refractivity (Wildman–Crippen MR) is 90.2 cm³/mol. The molecular weight excluding hydrogens is 347 g/mol. The first kappa shape index (κ1) is 17.3. The summed E-state index contributed by atoms with van der Waals surface area (Å²) < 4.78 is 15.2. The van der Waals surface area contributed by atoms with Gasteiger partial charge in [-0.25, -0.2) is 0 Å². The molecule has 0 aliphatic carbocycles. The van der Waals surface area contributed by atoms with Gasteiger partial charge in [-0.15, -0.1) is 0 Å². The lowest BCUT2D eigenvalue weighted by Gasteiger charge is -2.10. The number of fused-ring (bicyclic) bond motifs is 1. The number of rotatable bonds is 6. The monoisotopic (exact) mass is 362 g/mol. The zero-order valence-electron chi connectivity index (χ0n) is 12.2. The first-order valence-electron chi connectivity index (χ1n) is 6.92. The van der Waals surface area contributed by atoms with Crippen molar-refractivity contribution in [3.8, 4) is 17.2 Å². The van der Waals surface area contributed by atoms with E-state index >= 15 is 0 Å². The van der Waals surface area contributed by atoms with Crippen molar-refractivity contribution in [1.82, 2.24) is 0 Å². The Morgan fingerprint density at radius 3 is 2.73 bits per heavy atom. The molecule has 0 atom stereocenters. The van der Waals surface area contributed by atoms with Crippen molar-refractivity contribution in [2.45, 2.75) is 30.0 Å². The van der Waals surface area contributed by atoms with Crippen LogP contribution >= 0.6 is 34.8 Å². The molecule has 1 aromatic rings. The van der Waals surface area contributed by atoms with Gasteiger partial charge in [-0.3, -0.25) is 0 Å². The van der Waals surface area contributed by atoms with E-state index in [0.29, 0.717) is 12.2 Å². The van der Waals surface area contributed by atoms with E-state index in [1.54, 1.807) is 0 Å². The Bertz CT molecular complexity index is 562. The van der Waals surface area contributed by atoms with Crippen molar-refractivity contribution in [3.63, 3.8) is 0 Å². The van der Waals surface area contributed by atoms with Gasteiger partial charge in [-0.05, 0) is 31.6 Å². The molecule has 1 aromatic carbocycles. The van der Waals surface area contributed by atoms with Gasteiger partial charge in [0.25, 0.3) is 0 Å². The van der Waals surface area contributed by atoms with Crippen molar-refractivity contribution in [2.24, 2.45) is 0 Å². The van der Waals surface area contributed by atoms with Gasteiger partial charge in [0.05, 0.1) is 0 Å². The molecule has 1 aliphatic heterocycles. The summed E-state index contributed by atoms with van der Waals surface area (Å²) in [5.41, 5.74) is 0. The fourth-order valence-corrected chi connectivity index (χ4v) is 2.17. The first-order valence-corrected chi connectivity index (χ1v) is 8.06. The van der Waals surface area contributed by atoms with Gasteiger partial charge in [-0.1, -0.05) is 47.0 Å². The summed E-state index contributed by atoms with van der Waals surface area (Å²) in [6.07, 6.45) is 7.75. The predicted octanol–water partition coefficient (Wildman–Crippen LogP) is 5.79. The second-order valence-corrected chi connectivity index (χ2v) is 7.22. The van der Waals surface area contributed by atoms with Crippen LogP contribution in [0.3, 0.4) is 0 Å². The van der Waals surface area contributed by atoms with Gasteiger partial charge in [0, 0.05) is 18.9 Å². The van der Waals surface area contributed by atoms with E-state index in [9.17, 15) is 0 Å². The maximum Gasteiger partial charge on any atom is 0.231 e. The molecule has 22 heavy (non-hydrogen) atoms. The van der Waals surface area contributed by atoms with Gasteiger partial charge >= 0.3 is 0 Å². The second kappa shape index (κ2) is 8.00. The molecule has 0 saturated carbocycles. The summed E-state index contributed by atoms with van der Waals surface area (Å²) in [4.78, 5) is 0. The maximum absolute atomic E-state index is 5.85. The van der Waals surface area contributed by atoms with E-state index < -0.39 is 3.79 Å². The third-order valence-electron chi connectivity index (χ3n) is 2.99. The number of ether oxygens (including phenoxy) is 3. The second-order valence-electron chi connectivity index (χ2n) is 4.70. The third kappa shape index (κ3) is 5.64. The Balaban J connectivity index is 1.83. The molecule has 1 heterocycles. The zero-order chi connectivity index (χ0) is 16.0. The van der Waals surface area contributed by atoms with E-state index in [2.05, 4.69) is 0 Å². The molecule has 1 aliphatic rings. The van der Waals surface area contributed by atoms with Gasteiger partial charge in [0.15, 0.2) is 15.3 Å². The maximum atomic E-state index is 5.85. The smallest absolute Gasteiger partial charge is 0.231 e. The molecule has 0 spiro atoms. The lowest BCUT2D eigenvalue weighted by atomic mass is 10.2. The highest BCUT2D eigenvalue weighted by atomic mass is 35.6. The molecule has 0 saturated heterocycles. The molecule has 0 bridgehead atoms. The average Bonchev–Trinajstić information content (AvgIpc) is 2.92. The summed E-state index contributed by atoms with van der Waals surface area (Å²) in [6.45, 7) is 2.19. The minimum Gasteiger partial charge on any atom is -0.462 e. The summed E-state index contributed by atoms with van der Waals surface area (Å²) in [5.74, 6) is 3.04. The highest BCUT2D eigenvalue weighted by Crippen LogP contribution is 2.36. The summed E-state index contributed by atoms with van der Waals surface area (Å²) in [5, 5.41) is 0. The van der Waals surface area contributed by atoms with Gasteiger partial charge < -0.3 is 14.2 Å². The SMILES string of the molecule is CC=C(CCC=CCC(Cl)(Cl)Cl)Oc1ccc2c(c1)OCO2. The highest BCUT2D eigenvalue weighted by Gasteiger charge is 2.16. The van der Waals surface area contributed by atoms with Gasteiger partial charge in [-0.2, -0.15) is 0 Å². The molecule has 0 unspecified atom stereocenters. The normalized spacial score (nSPS) is 14.6. The van der Waals surface area contributed by atoms with Crippen molar-refractivity contribution in [3.05, 3.63) is 42.2 Å². The standard InChI is InChI=1S/C16H17Cl3O3/c1-2-12(6-4-3-5-9-16(17,18)19)22-13-7-8-14-15(10-13)21-11-20-14/h2-3,5,7-8,10H,4,6,9,11H2,1H3. The molecular formula is C16H17Cl3O3. The summed E-state index contributed by atoms with van der Waals surface area (Å²) in [6, 6.07) is 5.52. The van der Waals surface area contributed by atoms with Crippen LogP contribution in [0.1, 0.15) is 26.2 Å². The van der Waals surface area contributed by atoms with Crippen LogP contribution in [-0.4, -0.2) is 10.6 Å². The molecule has 2 rings (SSSR count). The Morgan fingerprint density at radius 2 is 2.00 bits per heavy atom. The molecule has 3 nitrogen and oxygen atoms in total. The Morgan fingerprint density at radius 1 is 1.23 bits per heavy atom. The van der Waals surface area contributed by atoms with Crippen LogP contribution in [0.5, 0.6) is 17.2 Å². The fraction of sp³-hybridized carbons (Fsp3) is 0.375. The Kier molecular flexibility index (Phi) is 6.30. The van der Waals surface area contributed by atoms with E-state index in [1.807, 2.05) is 43.4 Å². The van der Waals surface area contributed by atoms with Crippen molar-refractivity contribution >= 4 is 34.8 Å². The largest absolute Gasteiger partial charge is 0.462 e. The van der Waals surface area contributed by atoms with Gasteiger partial charge in [0.2, 0.25) is 6.79 Å². The average molecular weight is 364 g/mol. The van der Waals surface area contributed by atoms with Crippen LogP contribution in [0.4, 0.5) is 0 Å². The van der Waals surface area contributed by atoms with Crippen molar-refractivity contribution in [1.29, 1.82) is 0 Å². The van der Waals surface area contributed by atoms with Crippen molar-refractivity contribution < 1.29 is 14.2 Å². The highest BCUT2D eigenvalue weighted by molar-refractivity contribution is 6.67. The summed E-state index contributed by atoms with van der Waals surface area (Å²) >= 11 is 17.0. The minimum absolute atomic E-state index is 0.253. The number of halogens is 3. The van der Waals surface area contributed by atoms with Crippen LogP contribution < -0.4 is 14.2 Å². The van der Waals surface area contributed by atoms with Crippen LogP contribution in [0, 0.1) is 0 Å². The van der Waals surface area contributed by atoms with Crippen molar-refractivity contribution in [2.75, 3.05) is 6.79 Å². The lowest BCUT2D eigenvalue weighted by Crippen LogP contribution is -1.98. The van der Waals surface area contributed by atoms with Crippen LogP contribution in [-0.2, 0) is 0 Å². The topological polar surface area (TPSA) is 27.7 Å². The van der Waals surface area contributed by atoms with E-state index in [1.165, 1.54) is 0 Å². The van der Waals surface area contributed by atoms with E-state index in [0.717, 1.165) is 30.1 Å². The lowest BCUT2D eigenvalue weighted by molar-refractivity contribution is 0.174. The molecule has 0 amide bonds. The number of hydrogen-bond acceptors (Lipinski definition) is 3. The molecule has 0 N–H and O–H groups in total. The number of hydrogen-bond donors (Lipinski definition) is 0. The number of benzene rings is 1. The Labute approximate surface area is 145 Å². The molecule has 120 valence electrons. The Hall–Kier alpha value is -1.03. The fourth-order valence-electron chi connectivity index (χ4n) is 1.91. The van der Waals surface area contributed by atoms with Crippen LogP contribution in [0.25, 0.3) is 0 Å². The number of alkyl halides is 3. The third-order valence-corrected chi connectivity index (χ3v) is 3.45.